The summed E-state index contributed by atoms with van der Waals surface area (Å²) in [4.78, 5) is 30.7. The Balaban J connectivity index is 1.39. The fourth-order valence-corrected chi connectivity index (χ4v) is 3.82. The van der Waals surface area contributed by atoms with E-state index in [2.05, 4.69) is 20.5 Å². The number of nitrogens with one attached hydrogen (secondary N) is 2. The van der Waals surface area contributed by atoms with Crippen molar-refractivity contribution in [2.75, 3.05) is 36.9 Å². The Morgan fingerprint density at radius 2 is 2.15 bits per heavy atom. The molecular formula is C18H20N4O3S. The van der Waals surface area contributed by atoms with Gasteiger partial charge in [-0.3, -0.25) is 19.8 Å². The third-order valence-electron chi connectivity index (χ3n) is 4.52. The molecule has 1 fully saturated rings. The molecule has 0 spiro atoms. The molecule has 8 heteroatoms. The molecule has 7 nitrogen and oxygen atoms in total. The third kappa shape index (κ3) is 3.92. The maximum atomic E-state index is 12.5. The lowest BCUT2D eigenvalue weighted by Gasteiger charge is -2.25. The van der Waals surface area contributed by atoms with Crippen molar-refractivity contribution in [2.45, 2.75) is 19.4 Å². The summed E-state index contributed by atoms with van der Waals surface area (Å²) in [5.41, 5.74) is 3.31. The number of aromatic nitrogens is 1. The lowest BCUT2D eigenvalue weighted by Crippen LogP contribution is -2.35. The average Bonchev–Trinajstić information content (AvgIpc) is 3.08. The Bertz CT molecular complexity index is 830. The first-order valence-corrected chi connectivity index (χ1v) is 9.54. The quantitative estimate of drug-likeness (QED) is 0.859. The zero-order chi connectivity index (χ0) is 17.9. The summed E-state index contributed by atoms with van der Waals surface area (Å²) in [6.07, 6.45) is 1.11. The van der Waals surface area contributed by atoms with Gasteiger partial charge < -0.3 is 10.1 Å². The molecule has 2 aromatic rings. The van der Waals surface area contributed by atoms with E-state index in [9.17, 15) is 9.59 Å². The Labute approximate surface area is 155 Å². The van der Waals surface area contributed by atoms with E-state index in [1.54, 1.807) is 12.1 Å². The van der Waals surface area contributed by atoms with Gasteiger partial charge in [-0.05, 0) is 30.2 Å². The van der Waals surface area contributed by atoms with Gasteiger partial charge in [-0.1, -0.05) is 0 Å². The van der Waals surface area contributed by atoms with Crippen LogP contribution in [-0.2, 0) is 22.5 Å². The number of carbonyl (C=O) groups excluding carboxylic acids is 2. The average molecular weight is 372 g/mol. The molecule has 2 aliphatic heterocycles. The third-order valence-corrected chi connectivity index (χ3v) is 5.33. The fourth-order valence-electron chi connectivity index (χ4n) is 3.12. The molecule has 0 bridgehead atoms. The number of hydrogen-bond donors (Lipinski definition) is 2. The Morgan fingerprint density at radius 3 is 3.00 bits per heavy atom. The number of fused-ring (bicyclic) bond motifs is 1. The molecule has 1 aromatic heterocycles. The molecule has 26 heavy (non-hydrogen) atoms. The molecule has 3 heterocycles. The number of rotatable bonds is 4. The van der Waals surface area contributed by atoms with Gasteiger partial charge in [0.1, 0.15) is 0 Å². The highest BCUT2D eigenvalue weighted by Gasteiger charge is 2.18. The maximum absolute atomic E-state index is 12.5. The van der Waals surface area contributed by atoms with Crippen LogP contribution in [0.4, 0.5) is 10.8 Å². The standard InChI is InChI=1S/C18H20N4O3S/c23-16-4-2-12-9-13(1-3-15(12)20-16)17(24)21-18-19-14(11-26-18)10-22-5-7-25-8-6-22/h1,3,9,11H,2,4-8,10H2,(H,20,23)(H,19,21,24). The van der Waals surface area contributed by atoms with Gasteiger partial charge in [0.15, 0.2) is 5.13 Å². The smallest absolute Gasteiger partial charge is 0.257 e. The van der Waals surface area contributed by atoms with Crippen LogP contribution in [-0.4, -0.2) is 48.0 Å². The first-order chi connectivity index (χ1) is 12.7. The number of anilines is 2. The summed E-state index contributed by atoms with van der Waals surface area (Å²) >= 11 is 1.43. The molecular weight excluding hydrogens is 352 g/mol. The van der Waals surface area contributed by atoms with E-state index in [1.807, 2.05) is 11.4 Å². The fraction of sp³-hybridized carbons (Fsp3) is 0.389. The number of nitrogens with zero attached hydrogens (tertiary/aromatic N) is 2. The highest BCUT2D eigenvalue weighted by atomic mass is 32.1. The minimum Gasteiger partial charge on any atom is -0.379 e. The van der Waals surface area contributed by atoms with E-state index in [1.165, 1.54) is 11.3 Å². The second-order valence-corrected chi connectivity index (χ2v) is 7.26. The van der Waals surface area contributed by atoms with Crippen molar-refractivity contribution in [3.8, 4) is 0 Å². The van der Waals surface area contributed by atoms with Gasteiger partial charge in [0, 0.05) is 42.7 Å². The van der Waals surface area contributed by atoms with Gasteiger partial charge in [0.2, 0.25) is 5.91 Å². The molecule has 0 aliphatic carbocycles. The van der Waals surface area contributed by atoms with Crippen LogP contribution in [0.15, 0.2) is 23.6 Å². The predicted molar refractivity (Wildman–Crippen MR) is 99.6 cm³/mol. The van der Waals surface area contributed by atoms with Crippen LogP contribution < -0.4 is 10.6 Å². The minimum absolute atomic E-state index is 0.0188. The summed E-state index contributed by atoms with van der Waals surface area (Å²) in [5.74, 6) is -0.165. The predicted octanol–water partition coefficient (Wildman–Crippen LogP) is 2.11. The first-order valence-electron chi connectivity index (χ1n) is 8.66. The van der Waals surface area contributed by atoms with Crippen molar-refractivity contribution in [1.82, 2.24) is 9.88 Å². The lowest BCUT2D eigenvalue weighted by atomic mass is 10.0. The number of aryl methyl sites for hydroxylation is 1. The molecule has 0 saturated carbocycles. The van der Waals surface area contributed by atoms with Crippen LogP contribution in [0, 0.1) is 0 Å². The normalized spacial score (nSPS) is 17.5. The van der Waals surface area contributed by atoms with E-state index >= 15 is 0 Å². The second-order valence-electron chi connectivity index (χ2n) is 6.41. The zero-order valence-electron chi connectivity index (χ0n) is 14.3. The largest absolute Gasteiger partial charge is 0.379 e. The minimum atomic E-state index is -0.183. The Morgan fingerprint density at radius 1 is 1.31 bits per heavy atom. The molecule has 0 unspecified atom stereocenters. The lowest BCUT2D eigenvalue weighted by molar-refractivity contribution is -0.116. The van der Waals surface area contributed by atoms with Crippen molar-refractivity contribution in [3.05, 3.63) is 40.4 Å². The monoisotopic (exact) mass is 372 g/mol. The highest BCUT2D eigenvalue weighted by Crippen LogP contribution is 2.24. The summed E-state index contributed by atoms with van der Waals surface area (Å²) < 4.78 is 5.35. The molecule has 1 aromatic carbocycles. The van der Waals surface area contributed by atoms with Crippen LogP contribution in [0.3, 0.4) is 0 Å². The van der Waals surface area contributed by atoms with Gasteiger partial charge in [0.05, 0.1) is 18.9 Å². The summed E-state index contributed by atoms with van der Waals surface area (Å²) in [5, 5.41) is 8.27. The number of amides is 2. The molecule has 1 saturated heterocycles. The highest BCUT2D eigenvalue weighted by molar-refractivity contribution is 7.13. The van der Waals surface area contributed by atoms with Crippen LogP contribution in [0.2, 0.25) is 0 Å². The SMILES string of the molecule is O=C1CCc2cc(C(=O)Nc3nc(CN4CCOCC4)cs3)ccc2N1. The van der Waals surface area contributed by atoms with Gasteiger partial charge in [0.25, 0.3) is 5.91 Å². The summed E-state index contributed by atoms with van der Waals surface area (Å²) in [6.45, 7) is 4.10. The maximum Gasteiger partial charge on any atom is 0.257 e. The molecule has 0 atom stereocenters. The van der Waals surface area contributed by atoms with Gasteiger partial charge >= 0.3 is 0 Å². The molecule has 136 valence electrons. The topological polar surface area (TPSA) is 83.6 Å². The number of hydrogen-bond acceptors (Lipinski definition) is 6. The van der Waals surface area contributed by atoms with Crippen LogP contribution in [0.5, 0.6) is 0 Å². The van der Waals surface area contributed by atoms with E-state index in [0.717, 1.165) is 49.8 Å². The van der Waals surface area contributed by atoms with Crippen LogP contribution in [0.1, 0.15) is 28.0 Å². The summed E-state index contributed by atoms with van der Waals surface area (Å²) in [7, 11) is 0. The van der Waals surface area contributed by atoms with E-state index in [-0.39, 0.29) is 11.8 Å². The van der Waals surface area contributed by atoms with Crippen molar-refractivity contribution in [2.24, 2.45) is 0 Å². The van der Waals surface area contributed by atoms with E-state index < -0.39 is 0 Å². The summed E-state index contributed by atoms with van der Waals surface area (Å²) in [6, 6.07) is 5.35. The second kappa shape index (κ2) is 7.53. The van der Waals surface area contributed by atoms with Crippen LogP contribution in [0.25, 0.3) is 0 Å². The first kappa shape index (κ1) is 17.1. The molecule has 2 N–H and O–H groups in total. The number of carbonyl (C=O) groups is 2. The van der Waals surface area contributed by atoms with Gasteiger partial charge in [-0.2, -0.15) is 0 Å². The van der Waals surface area contributed by atoms with Crippen LogP contribution >= 0.6 is 11.3 Å². The van der Waals surface area contributed by atoms with Gasteiger partial charge in [-0.15, -0.1) is 11.3 Å². The van der Waals surface area contributed by atoms with E-state index in [4.69, 9.17) is 4.74 Å². The van der Waals surface area contributed by atoms with Gasteiger partial charge in [-0.25, -0.2) is 4.98 Å². The van der Waals surface area contributed by atoms with Crippen molar-refractivity contribution < 1.29 is 14.3 Å². The van der Waals surface area contributed by atoms with E-state index in [0.29, 0.717) is 23.5 Å². The Hall–Kier alpha value is -2.29. The zero-order valence-corrected chi connectivity index (χ0v) is 15.1. The van der Waals surface area contributed by atoms with Crippen molar-refractivity contribution in [3.63, 3.8) is 0 Å². The number of ether oxygens (including phenoxy) is 1. The number of benzene rings is 1. The van der Waals surface area contributed by atoms with Crippen molar-refractivity contribution >= 4 is 34.0 Å². The van der Waals surface area contributed by atoms with Crippen molar-refractivity contribution in [1.29, 1.82) is 0 Å². The molecule has 2 aliphatic rings. The Kier molecular flexibility index (Phi) is 4.96. The molecule has 0 radical (unpaired) electrons. The molecule has 4 rings (SSSR count). The number of thiazole rings is 1. The number of morpholine rings is 1. The molecule has 2 amide bonds.